The zero-order valence-corrected chi connectivity index (χ0v) is 8.01. The van der Waals surface area contributed by atoms with E-state index in [2.05, 4.69) is 0 Å². The van der Waals surface area contributed by atoms with Crippen LogP contribution >= 0.6 is 11.6 Å². The van der Waals surface area contributed by atoms with Crippen LogP contribution in [0.5, 0.6) is 0 Å². The van der Waals surface area contributed by atoms with Gasteiger partial charge in [0, 0.05) is 5.92 Å². The zero-order chi connectivity index (χ0) is 9.41. The summed E-state index contributed by atoms with van der Waals surface area (Å²) in [5.74, 6) is -0.431. The minimum absolute atomic E-state index is 0.431. The summed E-state index contributed by atoms with van der Waals surface area (Å²) in [6.45, 7) is 1.63. The summed E-state index contributed by atoms with van der Waals surface area (Å²) >= 11 is 5.73. The fourth-order valence-electron chi connectivity index (χ4n) is 1.02. The zero-order valence-electron chi connectivity index (χ0n) is 6.44. The van der Waals surface area contributed by atoms with Crippen molar-refractivity contribution in [3.8, 4) is 0 Å². The maximum Gasteiger partial charge on any atom is 0.289 e. The number of allylic oxidation sites excluding steroid dienone is 3. The Morgan fingerprint density at radius 1 is 1.50 bits per heavy atom. The van der Waals surface area contributed by atoms with Gasteiger partial charge in [-0.2, -0.15) is 8.42 Å². The molecule has 0 saturated heterocycles. The monoisotopic (exact) mass is 208 g/mol. The van der Waals surface area contributed by atoms with Crippen LogP contribution in [0.2, 0.25) is 0 Å². The molecular formula is C7H9ClO3S. The van der Waals surface area contributed by atoms with Crippen LogP contribution in [0.25, 0.3) is 0 Å². The molecule has 3 nitrogen and oxygen atoms in total. The van der Waals surface area contributed by atoms with E-state index in [4.69, 9.17) is 16.2 Å². The Balaban J connectivity index is 3.16. The van der Waals surface area contributed by atoms with Crippen LogP contribution in [-0.4, -0.2) is 17.2 Å². The smallest absolute Gasteiger partial charge is 0.284 e. The van der Waals surface area contributed by atoms with E-state index in [-0.39, 0.29) is 0 Å². The Morgan fingerprint density at radius 2 is 2.08 bits per heavy atom. The van der Waals surface area contributed by atoms with E-state index in [1.807, 2.05) is 0 Å². The van der Waals surface area contributed by atoms with E-state index >= 15 is 0 Å². The van der Waals surface area contributed by atoms with E-state index in [1.54, 1.807) is 19.1 Å². The first-order valence-corrected chi connectivity index (χ1v) is 5.22. The number of hydrogen-bond donors (Lipinski definition) is 1. The van der Waals surface area contributed by atoms with E-state index in [0.29, 0.717) is 0 Å². The molecule has 68 valence electrons. The molecular weight excluding hydrogens is 200 g/mol. The fourth-order valence-corrected chi connectivity index (χ4v) is 1.97. The molecule has 1 rings (SSSR count). The highest BCUT2D eigenvalue weighted by atomic mass is 35.5. The van der Waals surface area contributed by atoms with Crippen LogP contribution in [0.1, 0.15) is 6.92 Å². The second kappa shape index (κ2) is 2.87. The lowest BCUT2D eigenvalue weighted by molar-refractivity contribution is 0.454. The molecule has 2 unspecified atom stereocenters. The molecule has 0 aliphatic heterocycles. The van der Waals surface area contributed by atoms with Gasteiger partial charge in [-0.05, 0) is 6.08 Å². The van der Waals surface area contributed by atoms with Crippen molar-refractivity contribution in [1.82, 2.24) is 0 Å². The molecule has 1 N–H and O–H groups in total. The van der Waals surface area contributed by atoms with Gasteiger partial charge in [-0.25, -0.2) is 0 Å². The van der Waals surface area contributed by atoms with Crippen LogP contribution in [-0.2, 0) is 10.1 Å². The number of hydrogen-bond acceptors (Lipinski definition) is 2. The van der Waals surface area contributed by atoms with Crippen molar-refractivity contribution in [2.24, 2.45) is 5.92 Å². The number of rotatable bonds is 1. The Hall–Kier alpha value is -0.320. The van der Waals surface area contributed by atoms with Crippen molar-refractivity contribution in [3.05, 3.63) is 24.3 Å². The quantitative estimate of drug-likeness (QED) is 0.526. The van der Waals surface area contributed by atoms with Crippen LogP contribution in [0.3, 0.4) is 0 Å². The molecule has 2 atom stereocenters. The summed E-state index contributed by atoms with van der Waals surface area (Å²) in [5.41, 5.74) is 0. The van der Waals surface area contributed by atoms with Crippen molar-refractivity contribution in [2.75, 3.05) is 0 Å². The Kier molecular flexibility index (Phi) is 2.33. The lowest BCUT2D eigenvalue weighted by Crippen LogP contribution is -2.37. The average molecular weight is 209 g/mol. The highest BCUT2D eigenvalue weighted by Crippen LogP contribution is 2.35. The highest BCUT2D eigenvalue weighted by Gasteiger charge is 2.43. The van der Waals surface area contributed by atoms with Crippen LogP contribution in [0.15, 0.2) is 24.3 Å². The predicted molar refractivity (Wildman–Crippen MR) is 47.6 cm³/mol. The van der Waals surface area contributed by atoms with E-state index in [9.17, 15) is 8.42 Å². The number of halogens is 1. The first-order chi connectivity index (χ1) is 5.38. The summed E-state index contributed by atoms with van der Waals surface area (Å²) in [7, 11) is -4.25. The van der Waals surface area contributed by atoms with Gasteiger partial charge < -0.3 is 0 Å². The normalized spacial score (nSPS) is 35.4. The molecule has 0 fully saturated rings. The van der Waals surface area contributed by atoms with Crippen molar-refractivity contribution in [2.45, 2.75) is 11.1 Å². The minimum atomic E-state index is -4.25. The van der Waals surface area contributed by atoms with Gasteiger partial charge in [0.1, 0.15) is 0 Å². The fraction of sp³-hybridized carbons (Fsp3) is 0.429. The molecule has 0 aromatic carbocycles. The van der Waals surface area contributed by atoms with Crippen molar-refractivity contribution in [3.63, 3.8) is 0 Å². The minimum Gasteiger partial charge on any atom is -0.284 e. The third-order valence-electron chi connectivity index (χ3n) is 1.85. The maximum absolute atomic E-state index is 10.9. The molecule has 0 radical (unpaired) electrons. The molecule has 1 aliphatic carbocycles. The Labute approximate surface area is 76.5 Å². The summed E-state index contributed by atoms with van der Waals surface area (Å²) in [4.78, 5) is 0. The standard InChI is InChI=1S/C7H9ClO3S/c1-6-4-2-3-5-7(6,8)12(9,10)11/h2-6H,1H3,(H,9,10,11). The van der Waals surface area contributed by atoms with Crippen molar-refractivity contribution < 1.29 is 13.0 Å². The van der Waals surface area contributed by atoms with Crippen LogP contribution in [0, 0.1) is 5.92 Å². The second-order valence-electron chi connectivity index (χ2n) is 2.71. The van der Waals surface area contributed by atoms with Gasteiger partial charge in [-0.3, -0.25) is 4.55 Å². The first kappa shape index (κ1) is 9.77. The van der Waals surface area contributed by atoms with Crippen molar-refractivity contribution in [1.29, 1.82) is 0 Å². The van der Waals surface area contributed by atoms with Crippen LogP contribution in [0.4, 0.5) is 0 Å². The lowest BCUT2D eigenvalue weighted by atomic mass is 10.0. The highest BCUT2D eigenvalue weighted by molar-refractivity contribution is 7.88. The molecule has 12 heavy (non-hydrogen) atoms. The summed E-state index contributed by atoms with van der Waals surface area (Å²) in [5, 5.41) is 0. The molecule has 0 spiro atoms. The van der Waals surface area contributed by atoms with Gasteiger partial charge in [0.05, 0.1) is 0 Å². The van der Waals surface area contributed by atoms with E-state index < -0.39 is 20.2 Å². The van der Waals surface area contributed by atoms with E-state index in [0.717, 1.165) is 0 Å². The van der Waals surface area contributed by atoms with Gasteiger partial charge >= 0.3 is 0 Å². The molecule has 0 aromatic heterocycles. The number of alkyl halides is 1. The summed E-state index contributed by atoms with van der Waals surface area (Å²) in [6, 6.07) is 0. The SMILES string of the molecule is CC1C=CC=CC1(Cl)S(=O)(=O)O. The summed E-state index contributed by atoms with van der Waals surface area (Å²) in [6.07, 6.45) is 6.09. The first-order valence-electron chi connectivity index (χ1n) is 3.40. The Morgan fingerprint density at radius 3 is 2.42 bits per heavy atom. The van der Waals surface area contributed by atoms with Crippen LogP contribution < -0.4 is 0 Å². The van der Waals surface area contributed by atoms with Gasteiger partial charge in [-0.15, -0.1) is 0 Å². The molecule has 0 amide bonds. The Bertz CT molecular complexity index is 331. The average Bonchev–Trinajstić information content (AvgIpc) is 1.93. The third kappa shape index (κ3) is 1.42. The molecule has 0 saturated carbocycles. The molecule has 0 aromatic rings. The van der Waals surface area contributed by atoms with Gasteiger partial charge in [-0.1, -0.05) is 36.8 Å². The maximum atomic E-state index is 10.9. The third-order valence-corrected chi connectivity index (χ3v) is 4.20. The largest absolute Gasteiger partial charge is 0.289 e. The lowest BCUT2D eigenvalue weighted by Gasteiger charge is -2.26. The van der Waals surface area contributed by atoms with Gasteiger partial charge in [0.15, 0.2) is 4.21 Å². The molecule has 1 aliphatic rings. The van der Waals surface area contributed by atoms with Gasteiger partial charge in [0.25, 0.3) is 10.1 Å². The molecule has 5 heteroatoms. The summed E-state index contributed by atoms with van der Waals surface area (Å²) < 4.78 is 28.8. The van der Waals surface area contributed by atoms with E-state index in [1.165, 1.54) is 12.2 Å². The molecule has 0 heterocycles. The predicted octanol–water partition coefficient (Wildman–Crippen LogP) is 1.57. The second-order valence-corrected chi connectivity index (χ2v) is 5.18. The molecule has 0 bridgehead atoms. The van der Waals surface area contributed by atoms with Crippen molar-refractivity contribution >= 4 is 21.7 Å². The topological polar surface area (TPSA) is 54.4 Å². The van der Waals surface area contributed by atoms with Gasteiger partial charge in [0.2, 0.25) is 0 Å².